The van der Waals surface area contributed by atoms with Crippen molar-refractivity contribution in [2.24, 2.45) is 0 Å². The van der Waals surface area contributed by atoms with Crippen LogP contribution in [0.25, 0.3) is 28.2 Å². The maximum atomic E-state index is 13.3. The van der Waals surface area contributed by atoms with Crippen LogP contribution in [0.4, 0.5) is 0 Å². The van der Waals surface area contributed by atoms with Gasteiger partial charge in [0.25, 0.3) is 5.91 Å². The molecule has 0 spiro atoms. The number of carbonyl (C=O) groups is 1. The molecule has 2 aromatic heterocycles. The normalized spacial score (nSPS) is 11.8. The van der Waals surface area contributed by atoms with Crippen molar-refractivity contribution in [3.63, 3.8) is 0 Å². The second kappa shape index (κ2) is 10.4. The van der Waals surface area contributed by atoms with Crippen LogP contribution in [0.3, 0.4) is 0 Å². The van der Waals surface area contributed by atoms with E-state index in [1.807, 2.05) is 85.8 Å². The Morgan fingerprint density at radius 2 is 1.64 bits per heavy atom. The van der Waals surface area contributed by atoms with E-state index < -0.39 is 0 Å². The summed E-state index contributed by atoms with van der Waals surface area (Å²) in [6, 6.07) is 31.6. The maximum absolute atomic E-state index is 13.3. The number of ether oxygens (including phenoxy) is 1. The van der Waals surface area contributed by atoms with E-state index >= 15 is 0 Å². The molecule has 2 heterocycles. The minimum Gasteiger partial charge on any atom is -0.496 e. The van der Waals surface area contributed by atoms with Crippen LogP contribution in [0.15, 0.2) is 97.1 Å². The Morgan fingerprint density at radius 3 is 2.39 bits per heavy atom. The van der Waals surface area contributed by atoms with E-state index in [1.54, 1.807) is 17.7 Å². The summed E-state index contributed by atoms with van der Waals surface area (Å²) in [6.45, 7) is 2.02. The van der Waals surface area contributed by atoms with Crippen LogP contribution in [0, 0.1) is 0 Å². The number of fused-ring (bicyclic) bond motifs is 1. The minimum atomic E-state index is -0.211. The fourth-order valence-electron chi connectivity index (χ4n) is 4.29. The van der Waals surface area contributed by atoms with Crippen molar-refractivity contribution in [2.75, 3.05) is 7.11 Å². The zero-order valence-corrected chi connectivity index (χ0v) is 20.4. The minimum absolute atomic E-state index is 0.00441. The lowest BCUT2D eigenvalue weighted by atomic mass is 10.1. The maximum Gasteiger partial charge on any atom is 0.270 e. The number of nitrogens with one attached hydrogen (secondary N) is 1. The van der Waals surface area contributed by atoms with Crippen molar-refractivity contribution in [2.45, 2.75) is 25.8 Å². The molecule has 0 aliphatic rings. The number of methoxy groups -OCH3 is 1. The number of rotatable bonds is 8. The number of nitrogens with zero attached hydrogens (tertiary/aromatic N) is 3. The number of aromatic nitrogens is 3. The second-order valence-electron chi connectivity index (χ2n) is 8.79. The van der Waals surface area contributed by atoms with E-state index in [0.29, 0.717) is 17.1 Å². The van der Waals surface area contributed by atoms with Gasteiger partial charge in [-0.1, -0.05) is 72.8 Å². The lowest BCUT2D eigenvalue weighted by Crippen LogP contribution is -2.33. The van der Waals surface area contributed by atoms with Gasteiger partial charge in [-0.05, 0) is 43.5 Å². The molecular weight excluding hydrogens is 448 g/mol. The summed E-state index contributed by atoms with van der Waals surface area (Å²) in [5.41, 5.74) is 5.53. The van der Waals surface area contributed by atoms with Crippen molar-refractivity contribution in [3.8, 4) is 28.3 Å². The topological polar surface area (TPSA) is 68.5 Å². The Bertz CT molecular complexity index is 1480. The summed E-state index contributed by atoms with van der Waals surface area (Å²) in [6.07, 6.45) is 1.73. The van der Waals surface area contributed by atoms with Crippen molar-refractivity contribution in [3.05, 3.63) is 108 Å². The lowest BCUT2D eigenvalue weighted by molar-refractivity contribution is 0.0933. The highest BCUT2D eigenvalue weighted by Gasteiger charge is 2.19. The molecule has 5 rings (SSSR count). The van der Waals surface area contributed by atoms with Gasteiger partial charge in [-0.15, -0.1) is 0 Å². The molecule has 0 bridgehead atoms. The molecule has 0 fully saturated rings. The first-order valence-corrected chi connectivity index (χ1v) is 12.1. The molecule has 0 radical (unpaired) electrons. The summed E-state index contributed by atoms with van der Waals surface area (Å²) in [5, 5.41) is 7.94. The molecule has 0 saturated heterocycles. The molecule has 1 amide bonds. The van der Waals surface area contributed by atoms with E-state index in [-0.39, 0.29) is 11.9 Å². The van der Waals surface area contributed by atoms with Crippen LogP contribution < -0.4 is 10.1 Å². The SMILES string of the molecule is COc1ccccc1-c1cc(C(=O)NC(C)CCc2ccccc2)nc2cc(-c3ccccc3)nn12. The zero-order valence-electron chi connectivity index (χ0n) is 20.4. The van der Waals surface area contributed by atoms with Crippen LogP contribution in [-0.4, -0.2) is 33.7 Å². The molecule has 0 aliphatic heterocycles. The molecule has 1 atom stereocenters. The third-order valence-electron chi connectivity index (χ3n) is 6.20. The Labute approximate surface area is 210 Å². The first-order chi connectivity index (χ1) is 17.6. The predicted octanol–water partition coefficient (Wildman–Crippen LogP) is 5.82. The first-order valence-electron chi connectivity index (χ1n) is 12.1. The Balaban J connectivity index is 1.50. The van der Waals surface area contributed by atoms with E-state index in [2.05, 4.69) is 22.4 Å². The molecule has 180 valence electrons. The van der Waals surface area contributed by atoms with E-state index in [1.165, 1.54) is 5.56 Å². The Morgan fingerprint density at radius 1 is 0.944 bits per heavy atom. The second-order valence-corrected chi connectivity index (χ2v) is 8.79. The van der Waals surface area contributed by atoms with Gasteiger partial charge in [-0.25, -0.2) is 9.50 Å². The van der Waals surface area contributed by atoms with Crippen molar-refractivity contribution in [1.29, 1.82) is 0 Å². The number of hydrogen-bond acceptors (Lipinski definition) is 4. The quantitative estimate of drug-likeness (QED) is 0.306. The van der Waals surface area contributed by atoms with E-state index in [9.17, 15) is 4.79 Å². The number of para-hydroxylation sites is 1. The molecule has 3 aromatic carbocycles. The lowest BCUT2D eigenvalue weighted by Gasteiger charge is -2.15. The van der Waals surface area contributed by atoms with Gasteiger partial charge in [0.15, 0.2) is 5.65 Å². The van der Waals surface area contributed by atoms with Crippen LogP contribution in [0.5, 0.6) is 5.75 Å². The molecule has 1 N–H and O–H groups in total. The van der Waals surface area contributed by atoms with Crippen molar-refractivity contribution >= 4 is 11.6 Å². The zero-order chi connectivity index (χ0) is 24.9. The summed E-state index contributed by atoms with van der Waals surface area (Å²) < 4.78 is 7.39. The molecule has 6 heteroatoms. The van der Waals surface area contributed by atoms with E-state index in [0.717, 1.165) is 35.4 Å². The van der Waals surface area contributed by atoms with Crippen LogP contribution >= 0.6 is 0 Å². The predicted molar refractivity (Wildman–Crippen MR) is 142 cm³/mol. The van der Waals surface area contributed by atoms with Crippen LogP contribution in [0.2, 0.25) is 0 Å². The highest BCUT2D eigenvalue weighted by Crippen LogP contribution is 2.31. The van der Waals surface area contributed by atoms with Gasteiger partial charge in [-0.3, -0.25) is 4.79 Å². The molecule has 36 heavy (non-hydrogen) atoms. The molecule has 0 saturated carbocycles. The third kappa shape index (κ3) is 4.98. The highest BCUT2D eigenvalue weighted by molar-refractivity contribution is 5.94. The van der Waals surface area contributed by atoms with Gasteiger partial charge in [0, 0.05) is 23.2 Å². The van der Waals surface area contributed by atoms with Crippen LogP contribution in [-0.2, 0) is 6.42 Å². The molecule has 5 aromatic rings. The smallest absolute Gasteiger partial charge is 0.270 e. The van der Waals surface area contributed by atoms with Gasteiger partial charge >= 0.3 is 0 Å². The standard InChI is InChI=1S/C30H28N4O2/c1-21(17-18-22-11-5-3-6-12-22)31-30(35)26-19-27(24-15-9-10-16-28(24)36-2)34-29(32-26)20-25(33-34)23-13-7-4-8-14-23/h3-16,19-21H,17-18H2,1-2H3,(H,31,35). The molecule has 1 unspecified atom stereocenters. The Hall–Kier alpha value is -4.45. The molecule has 0 aliphatic carbocycles. The average molecular weight is 477 g/mol. The fourth-order valence-corrected chi connectivity index (χ4v) is 4.29. The number of benzene rings is 3. The number of amides is 1. The average Bonchev–Trinajstić information content (AvgIpc) is 3.37. The van der Waals surface area contributed by atoms with Gasteiger partial charge in [0.1, 0.15) is 11.4 Å². The summed E-state index contributed by atoms with van der Waals surface area (Å²) >= 11 is 0. The third-order valence-corrected chi connectivity index (χ3v) is 6.20. The monoisotopic (exact) mass is 476 g/mol. The highest BCUT2D eigenvalue weighted by atomic mass is 16.5. The van der Waals surface area contributed by atoms with Gasteiger partial charge in [0.05, 0.1) is 18.5 Å². The van der Waals surface area contributed by atoms with E-state index in [4.69, 9.17) is 9.84 Å². The summed E-state index contributed by atoms with van der Waals surface area (Å²) in [7, 11) is 1.64. The number of carbonyl (C=O) groups excluding carboxylic acids is 1. The molecular formula is C30H28N4O2. The van der Waals surface area contributed by atoms with Crippen LogP contribution in [0.1, 0.15) is 29.4 Å². The Kier molecular flexibility index (Phi) is 6.76. The largest absolute Gasteiger partial charge is 0.496 e. The summed E-state index contributed by atoms with van der Waals surface area (Å²) in [5.74, 6) is 0.487. The fraction of sp³-hybridized carbons (Fsp3) is 0.167. The molecule has 6 nitrogen and oxygen atoms in total. The first kappa shape index (κ1) is 23.3. The van der Waals surface area contributed by atoms with Crippen molar-refractivity contribution in [1.82, 2.24) is 19.9 Å². The number of hydrogen-bond donors (Lipinski definition) is 1. The van der Waals surface area contributed by atoms with Gasteiger partial charge < -0.3 is 10.1 Å². The van der Waals surface area contributed by atoms with Gasteiger partial charge in [0.2, 0.25) is 0 Å². The van der Waals surface area contributed by atoms with Gasteiger partial charge in [-0.2, -0.15) is 5.10 Å². The van der Waals surface area contributed by atoms with Crippen molar-refractivity contribution < 1.29 is 9.53 Å². The summed E-state index contributed by atoms with van der Waals surface area (Å²) in [4.78, 5) is 18.0. The number of aryl methyl sites for hydroxylation is 1.